The molecule has 0 unspecified atom stereocenters. The molecule has 0 aliphatic carbocycles. The van der Waals surface area contributed by atoms with Crippen LogP contribution in [-0.4, -0.2) is 33.6 Å². The predicted molar refractivity (Wildman–Crippen MR) is 136 cm³/mol. The number of benzene rings is 2. The van der Waals surface area contributed by atoms with Gasteiger partial charge in [0.1, 0.15) is 11.3 Å². The molecule has 1 N–H and O–H groups in total. The van der Waals surface area contributed by atoms with Crippen molar-refractivity contribution in [2.24, 2.45) is 5.92 Å². The van der Waals surface area contributed by atoms with Crippen LogP contribution >= 0.6 is 0 Å². The van der Waals surface area contributed by atoms with Crippen molar-refractivity contribution < 1.29 is 9.18 Å². The van der Waals surface area contributed by atoms with Crippen LogP contribution in [0, 0.1) is 11.7 Å². The number of piperidine rings is 1. The molecule has 35 heavy (non-hydrogen) atoms. The van der Waals surface area contributed by atoms with Crippen LogP contribution in [0.5, 0.6) is 0 Å². The van der Waals surface area contributed by atoms with Crippen LogP contribution in [-0.2, 0) is 11.3 Å². The predicted octanol–water partition coefficient (Wildman–Crippen LogP) is 5.19. The zero-order chi connectivity index (χ0) is 24.4. The van der Waals surface area contributed by atoms with Crippen LogP contribution in [0.3, 0.4) is 0 Å². The molecule has 1 fully saturated rings. The van der Waals surface area contributed by atoms with E-state index in [9.17, 15) is 9.18 Å². The number of rotatable bonds is 6. The first-order valence-electron chi connectivity index (χ1n) is 12.2. The van der Waals surface area contributed by atoms with Crippen molar-refractivity contribution in [3.63, 3.8) is 0 Å². The molecule has 5 rings (SSSR count). The monoisotopic (exact) mass is 471 g/mol. The molecule has 1 amide bonds. The molecular formula is C28H30FN5O. The molecule has 0 radical (unpaired) electrons. The number of anilines is 1. The highest BCUT2D eigenvalue weighted by Gasteiger charge is 2.26. The molecule has 0 spiro atoms. The van der Waals surface area contributed by atoms with Gasteiger partial charge < -0.3 is 10.2 Å². The first-order valence-corrected chi connectivity index (χ1v) is 12.2. The van der Waals surface area contributed by atoms with Gasteiger partial charge in [0.2, 0.25) is 5.91 Å². The van der Waals surface area contributed by atoms with Crippen LogP contribution in [0.1, 0.15) is 43.7 Å². The SMILES string of the molecule is CC(C)c1ccc(CNC(=O)C2CCN(c3nccn4nc(-c5ccc(F)cc5)cc34)CC2)cc1. The van der Waals surface area contributed by atoms with E-state index in [4.69, 9.17) is 0 Å². The Hall–Kier alpha value is -3.74. The van der Waals surface area contributed by atoms with E-state index in [0.29, 0.717) is 12.5 Å². The summed E-state index contributed by atoms with van der Waals surface area (Å²) >= 11 is 0. The van der Waals surface area contributed by atoms with Crippen molar-refractivity contribution in [2.75, 3.05) is 18.0 Å². The highest BCUT2D eigenvalue weighted by Crippen LogP contribution is 2.28. The van der Waals surface area contributed by atoms with E-state index < -0.39 is 0 Å². The van der Waals surface area contributed by atoms with E-state index in [1.54, 1.807) is 18.3 Å². The zero-order valence-corrected chi connectivity index (χ0v) is 20.1. The van der Waals surface area contributed by atoms with Crippen LogP contribution in [0.15, 0.2) is 67.0 Å². The van der Waals surface area contributed by atoms with Crippen LogP contribution in [0.25, 0.3) is 16.8 Å². The second-order valence-electron chi connectivity index (χ2n) is 9.49. The topological polar surface area (TPSA) is 62.5 Å². The number of amides is 1. The number of hydrogen-bond acceptors (Lipinski definition) is 4. The summed E-state index contributed by atoms with van der Waals surface area (Å²) in [4.78, 5) is 19.6. The number of hydrogen-bond donors (Lipinski definition) is 1. The van der Waals surface area contributed by atoms with Gasteiger partial charge in [-0.25, -0.2) is 13.9 Å². The average Bonchev–Trinajstić information content (AvgIpc) is 3.32. The Labute approximate surface area is 204 Å². The number of fused-ring (bicyclic) bond motifs is 1. The van der Waals surface area contributed by atoms with Crippen LogP contribution < -0.4 is 10.2 Å². The lowest BCUT2D eigenvalue weighted by molar-refractivity contribution is -0.125. The van der Waals surface area contributed by atoms with Gasteiger partial charge in [-0.15, -0.1) is 0 Å². The van der Waals surface area contributed by atoms with E-state index >= 15 is 0 Å². The lowest BCUT2D eigenvalue weighted by Crippen LogP contribution is -2.40. The smallest absolute Gasteiger partial charge is 0.223 e. The van der Waals surface area contributed by atoms with Crippen molar-refractivity contribution in [1.29, 1.82) is 0 Å². The fourth-order valence-corrected chi connectivity index (χ4v) is 4.62. The minimum atomic E-state index is -0.268. The van der Waals surface area contributed by atoms with Gasteiger partial charge in [-0.2, -0.15) is 5.10 Å². The Bertz CT molecular complexity index is 1310. The second kappa shape index (κ2) is 9.86. The van der Waals surface area contributed by atoms with Gasteiger partial charge in [-0.05, 0) is 60.2 Å². The van der Waals surface area contributed by atoms with Gasteiger partial charge >= 0.3 is 0 Å². The third-order valence-corrected chi connectivity index (χ3v) is 6.79. The van der Waals surface area contributed by atoms with Crippen molar-refractivity contribution >= 4 is 17.2 Å². The fourth-order valence-electron chi connectivity index (χ4n) is 4.62. The minimum absolute atomic E-state index is 0.000562. The normalized spacial score (nSPS) is 14.6. The number of carbonyl (C=O) groups excluding carboxylic acids is 1. The Balaban J connectivity index is 1.21. The molecule has 1 aliphatic rings. The summed E-state index contributed by atoms with van der Waals surface area (Å²) in [7, 11) is 0. The summed E-state index contributed by atoms with van der Waals surface area (Å²) in [6, 6.07) is 16.8. The van der Waals surface area contributed by atoms with Crippen molar-refractivity contribution in [2.45, 2.75) is 39.2 Å². The van der Waals surface area contributed by atoms with Crippen LogP contribution in [0.2, 0.25) is 0 Å². The summed E-state index contributed by atoms with van der Waals surface area (Å²) < 4.78 is 15.1. The zero-order valence-electron chi connectivity index (χ0n) is 20.1. The van der Waals surface area contributed by atoms with E-state index in [0.717, 1.165) is 54.1 Å². The first kappa shape index (κ1) is 23.0. The lowest BCUT2D eigenvalue weighted by Gasteiger charge is -2.32. The number of carbonyl (C=O) groups is 1. The largest absolute Gasteiger partial charge is 0.355 e. The van der Waals surface area contributed by atoms with Gasteiger partial charge in [0.15, 0.2) is 5.82 Å². The number of nitrogens with zero attached hydrogens (tertiary/aromatic N) is 4. The molecule has 4 aromatic rings. The average molecular weight is 472 g/mol. The maximum atomic E-state index is 13.3. The molecule has 1 saturated heterocycles. The Morgan fingerprint density at radius 2 is 1.80 bits per heavy atom. The van der Waals surface area contributed by atoms with E-state index in [1.165, 1.54) is 17.7 Å². The Kier molecular flexibility index (Phi) is 6.49. The summed E-state index contributed by atoms with van der Waals surface area (Å²) in [6.07, 6.45) is 5.12. The molecule has 3 heterocycles. The van der Waals surface area contributed by atoms with E-state index in [-0.39, 0.29) is 17.6 Å². The fraction of sp³-hybridized carbons (Fsp3) is 0.321. The lowest BCUT2D eigenvalue weighted by atomic mass is 9.95. The summed E-state index contributed by atoms with van der Waals surface area (Å²) in [6.45, 7) is 6.42. The third kappa shape index (κ3) is 5.04. The molecule has 2 aromatic heterocycles. The van der Waals surface area contributed by atoms with Gasteiger partial charge in [0.25, 0.3) is 0 Å². The maximum Gasteiger partial charge on any atom is 0.223 e. The first-order chi connectivity index (χ1) is 17.0. The van der Waals surface area contributed by atoms with E-state index in [2.05, 4.69) is 58.4 Å². The Morgan fingerprint density at radius 3 is 2.49 bits per heavy atom. The number of nitrogens with one attached hydrogen (secondary N) is 1. The van der Waals surface area contributed by atoms with Gasteiger partial charge in [-0.1, -0.05) is 38.1 Å². The summed E-state index contributed by atoms with van der Waals surface area (Å²) in [5.74, 6) is 1.21. The summed E-state index contributed by atoms with van der Waals surface area (Å²) in [5, 5.41) is 7.76. The molecule has 2 aromatic carbocycles. The van der Waals surface area contributed by atoms with Gasteiger partial charge in [0, 0.05) is 43.5 Å². The third-order valence-electron chi connectivity index (χ3n) is 6.79. The molecular weight excluding hydrogens is 441 g/mol. The maximum absolute atomic E-state index is 13.3. The molecule has 7 heteroatoms. The molecule has 0 bridgehead atoms. The van der Waals surface area contributed by atoms with Crippen molar-refractivity contribution in [1.82, 2.24) is 19.9 Å². The summed E-state index contributed by atoms with van der Waals surface area (Å²) in [5.41, 5.74) is 4.96. The molecule has 6 nitrogen and oxygen atoms in total. The van der Waals surface area contributed by atoms with E-state index in [1.807, 2.05) is 16.8 Å². The van der Waals surface area contributed by atoms with Crippen molar-refractivity contribution in [3.8, 4) is 11.3 Å². The number of halogens is 1. The molecule has 0 saturated carbocycles. The highest BCUT2D eigenvalue weighted by atomic mass is 19.1. The quantitative estimate of drug-likeness (QED) is 0.420. The molecule has 180 valence electrons. The molecule has 1 aliphatic heterocycles. The second-order valence-corrected chi connectivity index (χ2v) is 9.49. The van der Waals surface area contributed by atoms with Crippen molar-refractivity contribution in [3.05, 3.63) is 83.9 Å². The van der Waals surface area contributed by atoms with Crippen LogP contribution in [0.4, 0.5) is 10.2 Å². The Morgan fingerprint density at radius 1 is 1.09 bits per heavy atom. The highest BCUT2D eigenvalue weighted by molar-refractivity contribution is 5.79. The minimum Gasteiger partial charge on any atom is -0.355 e. The standard InChI is InChI=1S/C28H30FN5O/c1-19(2)21-5-3-20(4-6-21)18-31-28(35)23-11-14-33(15-12-23)27-26-17-25(32-34(26)16-13-30-27)22-7-9-24(29)10-8-22/h3-10,13,16-17,19,23H,11-12,14-15,18H2,1-2H3,(H,31,35). The number of aromatic nitrogens is 3. The van der Waals surface area contributed by atoms with Gasteiger partial charge in [0.05, 0.1) is 5.69 Å². The van der Waals surface area contributed by atoms with Gasteiger partial charge in [-0.3, -0.25) is 4.79 Å². The molecule has 0 atom stereocenters.